The van der Waals surface area contributed by atoms with Crippen molar-refractivity contribution in [2.75, 3.05) is 0 Å². The van der Waals surface area contributed by atoms with Crippen LogP contribution in [0, 0.1) is 11.6 Å². The van der Waals surface area contributed by atoms with E-state index in [1.165, 1.54) is 6.07 Å². The molecule has 0 saturated heterocycles. The minimum atomic E-state index is -1.05. The highest BCUT2D eigenvalue weighted by Crippen LogP contribution is 2.27. The van der Waals surface area contributed by atoms with Crippen molar-refractivity contribution in [1.82, 2.24) is 0 Å². The van der Waals surface area contributed by atoms with E-state index in [-0.39, 0.29) is 22.4 Å². The molecule has 92 valence electrons. The molecule has 0 aliphatic heterocycles. The van der Waals surface area contributed by atoms with Crippen LogP contribution in [0.1, 0.15) is 24.9 Å². The first-order valence-corrected chi connectivity index (χ1v) is 5.35. The molecule has 2 atom stereocenters. The number of aliphatic hydroxyl groups is 1. The predicted molar refractivity (Wildman–Crippen MR) is 64.5 cm³/mol. The molecule has 0 amide bonds. The summed E-state index contributed by atoms with van der Waals surface area (Å²) in [6.45, 7) is 1.69. The number of halogens is 4. The Kier molecular flexibility index (Phi) is 6.40. The molecular formula is C10H13BrClF2NO. The van der Waals surface area contributed by atoms with E-state index in [2.05, 4.69) is 15.9 Å². The van der Waals surface area contributed by atoms with Gasteiger partial charge in [-0.05, 0) is 34.5 Å². The zero-order valence-electron chi connectivity index (χ0n) is 8.58. The van der Waals surface area contributed by atoms with Crippen molar-refractivity contribution in [3.8, 4) is 0 Å². The Bertz CT molecular complexity index is 365. The highest BCUT2D eigenvalue weighted by molar-refractivity contribution is 9.10. The van der Waals surface area contributed by atoms with Crippen LogP contribution in [0.5, 0.6) is 0 Å². The summed E-state index contributed by atoms with van der Waals surface area (Å²) in [5, 5.41) is 9.45. The molecule has 2 nitrogen and oxygen atoms in total. The predicted octanol–water partition coefficient (Wildman–Crippen LogP) is 2.92. The lowest BCUT2D eigenvalue weighted by atomic mass is 9.99. The van der Waals surface area contributed by atoms with E-state index in [1.807, 2.05) is 0 Å². The molecule has 0 radical (unpaired) electrons. The van der Waals surface area contributed by atoms with Crippen LogP contribution in [0.3, 0.4) is 0 Å². The van der Waals surface area contributed by atoms with Crippen LogP contribution >= 0.6 is 28.3 Å². The molecular weight excluding hydrogens is 303 g/mol. The van der Waals surface area contributed by atoms with E-state index in [0.717, 1.165) is 6.07 Å². The monoisotopic (exact) mass is 315 g/mol. The van der Waals surface area contributed by atoms with E-state index in [4.69, 9.17) is 5.73 Å². The Labute approximate surface area is 107 Å². The number of hydrogen-bond donors (Lipinski definition) is 2. The molecule has 0 fully saturated rings. The van der Waals surface area contributed by atoms with Crippen LogP contribution < -0.4 is 5.73 Å². The third-order valence-corrected chi connectivity index (χ3v) is 2.86. The van der Waals surface area contributed by atoms with Crippen LogP contribution in [0.25, 0.3) is 0 Å². The summed E-state index contributed by atoms with van der Waals surface area (Å²) in [4.78, 5) is 0. The number of benzene rings is 1. The van der Waals surface area contributed by atoms with Crippen LogP contribution in [0.2, 0.25) is 0 Å². The largest absolute Gasteiger partial charge is 0.391 e. The average molecular weight is 317 g/mol. The zero-order chi connectivity index (χ0) is 11.6. The zero-order valence-corrected chi connectivity index (χ0v) is 11.0. The summed E-state index contributed by atoms with van der Waals surface area (Å²) in [5.41, 5.74) is 5.29. The maximum atomic E-state index is 13.5. The molecule has 0 aromatic heterocycles. The smallest absolute Gasteiger partial charge is 0.145 e. The lowest BCUT2D eigenvalue weighted by Crippen LogP contribution is -2.27. The Balaban J connectivity index is 0.00000225. The lowest BCUT2D eigenvalue weighted by Gasteiger charge is -2.19. The summed E-state index contributed by atoms with van der Waals surface area (Å²) in [5.74, 6) is -1.49. The van der Waals surface area contributed by atoms with Crippen molar-refractivity contribution >= 4 is 28.3 Å². The van der Waals surface area contributed by atoms with Gasteiger partial charge in [0.25, 0.3) is 0 Å². The molecule has 1 rings (SSSR count). The number of hydrogen-bond acceptors (Lipinski definition) is 2. The van der Waals surface area contributed by atoms with Gasteiger partial charge in [0.1, 0.15) is 11.6 Å². The Morgan fingerprint density at radius 3 is 2.50 bits per heavy atom. The van der Waals surface area contributed by atoms with Crippen molar-refractivity contribution in [2.45, 2.75) is 25.5 Å². The van der Waals surface area contributed by atoms with Gasteiger partial charge in [-0.2, -0.15) is 0 Å². The van der Waals surface area contributed by atoms with Crippen LogP contribution in [-0.2, 0) is 0 Å². The second-order valence-corrected chi connectivity index (χ2v) is 4.11. The van der Waals surface area contributed by atoms with Gasteiger partial charge in [-0.25, -0.2) is 8.78 Å². The number of rotatable bonds is 3. The van der Waals surface area contributed by atoms with Crippen LogP contribution in [0.15, 0.2) is 16.6 Å². The summed E-state index contributed by atoms with van der Waals surface area (Å²) in [7, 11) is 0. The van der Waals surface area contributed by atoms with Gasteiger partial charge in [-0.15, -0.1) is 12.4 Å². The molecule has 0 aliphatic rings. The maximum Gasteiger partial charge on any atom is 0.145 e. The fourth-order valence-electron chi connectivity index (χ4n) is 1.29. The van der Waals surface area contributed by atoms with Crippen molar-refractivity contribution in [3.05, 3.63) is 33.8 Å². The van der Waals surface area contributed by atoms with E-state index in [1.54, 1.807) is 6.92 Å². The topological polar surface area (TPSA) is 46.2 Å². The van der Waals surface area contributed by atoms with Gasteiger partial charge in [0.15, 0.2) is 0 Å². The first-order valence-electron chi connectivity index (χ1n) is 4.56. The lowest BCUT2D eigenvalue weighted by molar-refractivity contribution is 0.137. The van der Waals surface area contributed by atoms with E-state index >= 15 is 0 Å². The van der Waals surface area contributed by atoms with Crippen molar-refractivity contribution < 1.29 is 13.9 Å². The van der Waals surface area contributed by atoms with Gasteiger partial charge in [0.05, 0.1) is 16.6 Å². The highest BCUT2D eigenvalue weighted by Gasteiger charge is 2.23. The molecule has 3 N–H and O–H groups in total. The molecule has 0 aliphatic carbocycles. The quantitative estimate of drug-likeness (QED) is 0.842. The van der Waals surface area contributed by atoms with Gasteiger partial charge in [-0.3, -0.25) is 0 Å². The van der Waals surface area contributed by atoms with Crippen LogP contribution in [0.4, 0.5) is 8.78 Å². The molecule has 0 bridgehead atoms. The average Bonchev–Trinajstić information content (AvgIpc) is 2.22. The van der Waals surface area contributed by atoms with Gasteiger partial charge >= 0.3 is 0 Å². The van der Waals surface area contributed by atoms with Gasteiger partial charge in [0, 0.05) is 5.56 Å². The second kappa shape index (κ2) is 6.49. The Morgan fingerprint density at radius 1 is 1.44 bits per heavy atom. The molecule has 16 heavy (non-hydrogen) atoms. The van der Waals surface area contributed by atoms with Gasteiger partial charge < -0.3 is 10.8 Å². The molecule has 1 aromatic rings. The molecule has 0 unspecified atom stereocenters. The summed E-state index contributed by atoms with van der Waals surface area (Å²) in [6, 6.07) is 1.33. The van der Waals surface area contributed by atoms with E-state index < -0.39 is 23.8 Å². The number of aliphatic hydroxyl groups excluding tert-OH is 1. The second-order valence-electron chi connectivity index (χ2n) is 3.26. The fraction of sp³-hybridized carbons (Fsp3) is 0.400. The van der Waals surface area contributed by atoms with Gasteiger partial charge in [-0.1, -0.05) is 6.92 Å². The SMILES string of the molecule is CC[C@@H](O)[C@@H](N)c1c(F)ccc(Br)c1F.Cl. The third kappa shape index (κ3) is 3.13. The van der Waals surface area contributed by atoms with Crippen molar-refractivity contribution in [1.29, 1.82) is 0 Å². The first kappa shape index (κ1) is 15.8. The normalized spacial score (nSPS) is 14.1. The maximum absolute atomic E-state index is 13.5. The Morgan fingerprint density at radius 2 is 2.00 bits per heavy atom. The minimum absolute atomic E-state index is 0. The van der Waals surface area contributed by atoms with Crippen molar-refractivity contribution in [3.63, 3.8) is 0 Å². The molecule has 1 aromatic carbocycles. The van der Waals surface area contributed by atoms with Crippen LogP contribution in [-0.4, -0.2) is 11.2 Å². The van der Waals surface area contributed by atoms with E-state index in [9.17, 15) is 13.9 Å². The third-order valence-electron chi connectivity index (χ3n) is 2.25. The molecule has 6 heteroatoms. The van der Waals surface area contributed by atoms with E-state index in [0.29, 0.717) is 6.42 Å². The molecule has 0 heterocycles. The standard InChI is InChI=1S/C10H12BrF2NO.ClH/c1-2-7(15)10(14)8-6(12)4-3-5(11)9(8)13;/h3-4,7,10,15H,2,14H2,1H3;1H/t7-,10-;/m1./s1. The minimum Gasteiger partial charge on any atom is -0.391 e. The first-order chi connectivity index (χ1) is 6.99. The fourth-order valence-corrected chi connectivity index (χ4v) is 1.64. The molecule has 0 saturated carbocycles. The number of nitrogens with two attached hydrogens (primary N) is 1. The highest BCUT2D eigenvalue weighted by atomic mass is 79.9. The van der Waals surface area contributed by atoms with Crippen molar-refractivity contribution in [2.24, 2.45) is 5.73 Å². The molecule has 0 spiro atoms. The van der Waals surface area contributed by atoms with Gasteiger partial charge in [0.2, 0.25) is 0 Å². The summed E-state index contributed by atoms with van der Waals surface area (Å²) in [6.07, 6.45) is -0.615. The Hall–Kier alpha value is -0.230. The summed E-state index contributed by atoms with van der Waals surface area (Å²) < 4.78 is 27.0. The summed E-state index contributed by atoms with van der Waals surface area (Å²) >= 11 is 2.94.